The first kappa shape index (κ1) is 13.0. The van der Waals surface area contributed by atoms with Gasteiger partial charge in [-0.1, -0.05) is 19.8 Å². The SMILES string of the molecule is CO[C@@H]1CCCC[C@@H]1CC[C@H](C)[C@@H](C)O. The van der Waals surface area contributed by atoms with E-state index in [2.05, 4.69) is 6.92 Å². The predicted octanol–water partition coefficient (Wildman–Crippen LogP) is 2.99. The largest absolute Gasteiger partial charge is 0.393 e. The Kier molecular flexibility index (Phi) is 5.62. The van der Waals surface area contributed by atoms with Gasteiger partial charge in [-0.15, -0.1) is 0 Å². The van der Waals surface area contributed by atoms with Crippen molar-refractivity contribution in [1.29, 1.82) is 0 Å². The number of methoxy groups -OCH3 is 1. The van der Waals surface area contributed by atoms with Crippen molar-refractivity contribution in [3.8, 4) is 0 Å². The first-order chi connectivity index (χ1) is 7.15. The fourth-order valence-corrected chi connectivity index (χ4v) is 2.53. The fourth-order valence-electron chi connectivity index (χ4n) is 2.53. The summed E-state index contributed by atoms with van der Waals surface area (Å²) in [5.41, 5.74) is 0. The van der Waals surface area contributed by atoms with Crippen LogP contribution in [0.2, 0.25) is 0 Å². The van der Waals surface area contributed by atoms with Crippen molar-refractivity contribution < 1.29 is 9.84 Å². The van der Waals surface area contributed by atoms with E-state index >= 15 is 0 Å². The van der Waals surface area contributed by atoms with Crippen molar-refractivity contribution in [2.75, 3.05) is 7.11 Å². The van der Waals surface area contributed by atoms with E-state index in [0.29, 0.717) is 12.0 Å². The lowest BCUT2D eigenvalue weighted by Gasteiger charge is -2.31. The molecule has 4 atom stereocenters. The van der Waals surface area contributed by atoms with Gasteiger partial charge in [-0.2, -0.15) is 0 Å². The lowest BCUT2D eigenvalue weighted by molar-refractivity contribution is 0.0151. The van der Waals surface area contributed by atoms with Crippen LogP contribution >= 0.6 is 0 Å². The van der Waals surface area contributed by atoms with Gasteiger partial charge in [0, 0.05) is 7.11 Å². The van der Waals surface area contributed by atoms with Crippen LogP contribution in [0.1, 0.15) is 52.4 Å². The van der Waals surface area contributed by atoms with Crippen LogP contribution in [0.15, 0.2) is 0 Å². The number of aliphatic hydroxyl groups is 1. The number of hydrogen-bond acceptors (Lipinski definition) is 2. The van der Waals surface area contributed by atoms with Gasteiger partial charge in [0.05, 0.1) is 12.2 Å². The van der Waals surface area contributed by atoms with Gasteiger partial charge in [-0.3, -0.25) is 0 Å². The fraction of sp³-hybridized carbons (Fsp3) is 1.00. The van der Waals surface area contributed by atoms with Crippen LogP contribution in [0.25, 0.3) is 0 Å². The molecule has 0 aliphatic heterocycles. The third-order valence-corrected chi connectivity index (χ3v) is 3.96. The molecule has 1 N–H and O–H groups in total. The van der Waals surface area contributed by atoms with Crippen LogP contribution in [-0.2, 0) is 4.74 Å². The summed E-state index contributed by atoms with van der Waals surface area (Å²) in [6.45, 7) is 4.02. The summed E-state index contributed by atoms with van der Waals surface area (Å²) < 4.78 is 5.53. The second-order valence-electron chi connectivity index (χ2n) is 5.11. The molecule has 1 aliphatic carbocycles. The minimum absolute atomic E-state index is 0.172. The zero-order valence-corrected chi connectivity index (χ0v) is 10.4. The molecule has 1 saturated carbocycles. The average molecular weight is 214 g/mol. The number of rotatable bonds is 5. The normalized spacial score (nSPS) is 31.2. The molecule has 0 amide bonds. The van der Waals surface area contributed by atoms with Crippen molar-refractivity contribution in [1.82, 2.24) is 0 Å². The number of hydrogen-bond donors (Lipinski definition) is 1. The zero-order valence-electron chi connectivity index (χ0n) is 10.4. The molecule has 0 saturated heterocycles. The van der Waals surface area contributed by atoms with Crippen LogP contribution in [0.4, 0.5) is 0 Å². The minimum Gasteiger partial charge on any atom is -0.393 e. The molecule has 90 valence electrons. The van der Waals surface area contributed by atoms with Gasteiger partial charge in [-0.25, -0.2) is 0 Å². The Morgan fingerprint density at radius 1 is 1.27 bits per heavy atom. The van der Waals surface area contributed by atoms with Gasteiger partial charge in [0.15, 0.2) is 0 Å². The molecule has 2 nitrogen and oxygen atoms in total. The van der Waals surface area contributed by atoms with E-state index < -0.39 is 0 Å². The molecular formula is C13H26O2. The molecule has 0 radical (unpaired) electrons. The first-order valence-electron chi connectivity index (χ1n) is 6.36. The van der Waals surface area contributed by atoms with E-state index in [0.717, 1.165) is 12.3 Å². The van der Waals surface area contributed by atoms with Gasteiger partial charge >= 0.3 is 0 Å². The van der Waals surface area contributed by atoms with Crippen LogP contribution in [-0.4, -0.2) is 24.4 Å². The Morgan fingerprint density at radius 2 is 1.93 bits per heavy atom. The number of aliphatic hydroxyl groups excluding tert-OH is 1. The zero-order chi connectivity index (χ0) is 11.3. The second-order valence-corrected chi connectivity index (χ2v) is 5.11. The maximum Gasteiger partial charge on any atom is 0.0599 e. The lowest BCUT2D eigenvalue weighted by Crippen LogP contribution is -2.27. The molecule has 1 fully saturated rings. The van der Waals surface area contributed by atoms with E-state index in [1.807, 2.05) is 14.0 Å². The predicted molar refractivity (Wildman–Crippen MR) is 62.8 cm³/mol. The van der Waals surface area contributed by atoms with E-state index in [9.17, 15) is 5.11 Å². The van der Waals surface area contributed by atoms with Gasteiger partial charge < -0.3 is 9.84 Å². The summed E-state index contributed by atoms with van der Waals surface area (Å²) in [5, 5.41) is 9.44. The molecule has 0 unspecified atom stereocenters. The van der Waals surface area contributed by atoms with Gasteiger partial charge in [0.1, 0.15) is 0 Å². The molecular weight excluding hydrogens is 188 g/mol. The van der Waals surface area contributed by atoms with Crippen molar-refractivity contribution in [3.05, 3.63) is 0 Å². The monoisotopic (exact) mass is 214 g/mol. The Morgan fingerprint density at radius 3 is 2.53 bits per heavy atom. The van der Waals surface area contributed by atoms with Gasteiger partial charge in [-0.05, 0) is 44.4 Å². The third-order valence-electron chi connectivity index (χ3n) is 3.96. The molecule has 1 rings (SSSR count). The third kappa shape index (κ3) is 4.12. The molecule has 15 heavy (non-hydrogen) atoms. The Balaban J connectivity index is 2.29. The minimum atomic E-state index is -0.172. The second kappa shape index (κ2) is 6.49. The van der Waals surface area contributed by atoms with E-state index in [1.165, 1.54) is 32.1 Å². The summed E-state index contributed by atoms with van der Waals surface area (Å²) in [7, 11) is 1.83. The topological polar surface area (TPSA) is 29.5 Å². The summed E-state index contributed by atoms with van der Waals surface area (Å²) in [4.78, 5) is 0. The highest BCUT2D eigenvalue weighted by Gasteiger charge is 2.25. The highest BCUT2D eigenvalue weighted by molar-refractivity contribution is 4.76. The maximum atomic E-state index is 9.44. The Bertz CT molecular complexity index is 168. The van der Waals surface area contributed by atoms with Crippen molar-refractivity contribution in [2.24, 2.45) is 11.8 Å². The van der Waals surface area contributed by atoms with E-state index in [-0.39, 0.29) is 6.10 Å². The Hall–Kier alpha value is -0.0800. The van der Waals surface area contributed by atoms with Crippen LogP contribution in [0.3, 0.4) is 0 Å². The van der Waals surface area contributed by atoms with Crippen LogP contribution < -0.4 is 0 Å². The smallest absolute Gasteiger partial charge is 0.0599 e. The first-order valence-corrected chi connectivity index (χ1v) is 6.36. The van der Waals surface area contributed by atoms with E-state index in [4.69, 9.17) is 4.74 Å². The Labute approximate surface area is 94.0 Å². The van der Waals surface area contributed by atoms with Crippen molar-refractivity contribution in [2.45, 2.75) is 64.6 Å². The summed E-state index contributed by atoms with van der Waals surface area (Å²) in [6.07, 6.45) is 7.85. The molecule has 0 heterocycles. The van der Waals surface area contributed by atoms with Crippen molar-refractivity contribution in [3.63, 3.8) is 0 Å². The van der Waals surface area contributed by atoms with Gasteiger partial charge in [0.25, 0.3) is 0 Å². The summed E-state index contributed by atoms with van der Waals surface area (Å²) in [6, 6.07) is 0. The van der Waals surface area contributed by atoms with Gasteiger partial charge in [0.2, 0.25) is 0 Å². The summed E-state index contributed by atoms with van der Waals surface area (Å²) >= 11 is 0. The molecule has 1 aliphatic rings. The molecule has 0 spiro atoms. The maximum absolute atomic E-state index is 9.44. The molecule has 0 bridgehead atoms. The summed E-state index contributed by atoms with van der Waals surface area (Å²) in [5.74, 6) is 1.15. The standard InChI is InChI=1S/C13H26O2/c1-10(11(2)14)8-9-12-6-4-5-7-13(12)15-3/h10-14H,4-9H2,1-3H3/t10-,11+,12+,13+/m0/s1. The quantitative estimate of drug-likeness (QED) is 0.762. The highest BCUT2D eigenvalue weighted by atomic mass is 16.5. The molecule has 0 aromatic rings. The van der Waals surface area contributed by atoms with Crippen LogP contribution in [0.5, 0.6) is 0 Å². The lowest BCUT2D eigenvalue weighted by atomic mass is 9.81. The molecule has 0 aromatic carbocycles. The molecule has 2 heteroatoms. The number of ether oxygens (including phenoxy) is 1. The highest BCUT2D eigenvalue weighted by Crippen LogP contribution is 2.31. The van der Waals surface area contributed by atoms with E-state index in [1.54, 1.807) is 0 Å². The van der Waals surface area contributed by atoms with Crippen LogP contribution in [0, 0.1) is 11.8 Å². The average Bonchev–Trinajstić information content (AvgIpc) is 2.26. The van der Waals surface area contributed by atoms with Crippen molar-refractivity contribution >= 4 is 0 Å². The molecule has 0 aromatic heterocycles.